The van der Waals surface area contributed by atoms with Crippen LogP contribution in [0.3, 0.4) is 0 Å². The van der Waals surface area contributed by atoms with Gasteiger partial charge in [0.05, 0.1) is 33.8 Å². The smallest absolute Gasteiger partial charge is 0.191 e. The van der Waals surface area contributed by atoms with Crippen LogP contribution in [-0.2, 0) is 17.2 Å². The Morgan fingerprint density at radius 3 is 2.65 bits per heavy atom. The molecule has 4 aromatic rings. The molecule has 1 fully saturated rings. The monoisotopic (exact) mass is 511 g/mol. The number of carbonyl (C=O) groups excluding carboxylic acids is 1. The van der Waals surface area contributed by atoms with E-state index in [9.17, 15) is 13.4 Å². The van der Waals surface area contributed by atoms with Crippen molar-refractivity contribution >= 4 is 22.7 Å². The number of fused-ring (bicyclic) bond motifs is 2. The lowest BCUT2D eigenvalue weighted by Gasteiger charge is -2.43. The predicted octanol–water partition coefficient (Wildman–Crippen LogP) is 5.88. The standard InChI is InChI=1S/C30H26FN3O2S/c1-20-13-14-32-27(15-20)29(35)30-17-21-19-33-34(24-10-8-23(31)9-11-24)28(21)16-22(30)7-12-26(18-30)37(36)25-5-3-2-4-6-25/h2-6,8-11,13-16,19,26H,7,12,17-18H2,1H3. The zero-order valence-corrected chi connectivity index (χ0v) is 21.2. The average Bonchev–Trinajstić information content (AvgIpc) is 3.33. The first-order chi connectivity index (χ1) is 17.9. The van der Waals surface area contributed by atoms with Gasteiger partial charge in [0.1, 0.15) is 11.5 Å². The molecule has 0 aliphatic heterocycles. The number of carbonyl (C=O) groups is 1. The van der Waals surface area contributed by atoms with E-state index in [0.717, 1.165) is 39.4 Å². The lowest BCUT2D eigenvalue weighted by molar-refractivity contribution is 0.0797. The summed E-state index contributed by atoms with van der Waals surface area (Å²) in [6, 6.07) is 19.4. The molecule has 3 atom stereocenters. The summed E-state index contributed by atoms with van der Waals surface area (Å²) in [6.45, 7) is 1.95. The third kappa shape index (κ3) is 4.17. The maximum Gasteiger partial charge on any atom is 0.191 e. The highest BCUT2D eigenvalue weighted by Crippen LogP contribution is 2.51. The number of nitrogens with zero attached hydrogens (tertiary/aromatic N) is 3. The molecule has 0 radical (unpaired) electrons. The second kappa shape index (κ2) is 9.30. The molecule has 2 aliphatic rings. The van der Waals surface area contributed by atoms with Crippen molar-refractivity contribution in [3.63, 3.8) is 0 Å². The van der Waals surface area contributed by atoms with Crippen LogP contribution < -0.4 is 0 Å². The van der Waals surface area contributed by atoms with Crippen LogP contribution in [-0.4, -0.2) is 30.0 Å². The fraction of sp³-hybridized carbons (Fsp3) is 0.233. The maximum atomic E-state index is 14.3. The summed E-state index contributed by atoms with van der Waals surface area (Å²) in [5.74, 6) is -0.333. The SMILES string of the molecule is Cc1ccnc(C(=O)C23Cc4cnn(-c5ccc(F)cc5)c4C=C2CCC(S(=O)c2ccccc2)C3)c1. The van der Waals surface area contributed by atoms with Crippen LogP contribution in [0.1, 0.15) is 46.6 Å². The third-order valence-electron chi connectivity index (χ3n) is 7.55. The highest BCUT2D eigenvalue weighted by molar-refractivity contribution is 7.85. The first kappa shape index (κ1) is 23.7. The van der Waals surface area contributed by atoms with Crippen molar-refractivity contribution in [3.05, 3.63) is 113 Å². The first-order valence-corrected chi connectivity index (χ1v) is 13.6. The summed E-state index contributed by atoms with van der Waals surface area (Å²) in [6.07, 6.45) is 7.87. The molecule has 2 aromatic carbocycles. The number of allylic oxidation sites excluding steroid dienone is 1. The van der Waals surface area contributed by atoms with Crippen LogP contribution in [0.15, 0.2) is 89.6 Å². The molecule has 0 spiro atoms. The minimum absolute atomic E-state index is 0.0302. The van der Waals surface area contributed by atoms with E-state index < -0.39 is 16.2 Å². The molecular weight excluding hydrogens is 485 g/mol. The van der Waals surface area contributed by atoms with Gasteiger partial charge in [0.15, 0.2) is 5.78 Å². The quantitative estimate of drug-likeness (QED) is 0.314. The van der Waals surface area contributed by atoms with Crippen LogP contribution >= 0.6 is 0 Å². The van der Waals surface area contributed by atoms with Crippen molar-refractivity contribution < 1.29 is 13.4 Å². The van der Waals surface area contributed by atoms with Gasteiger partial charge in [-0.25, -0.2) is 9.07 Å². The van der Waals surface area contributed by atoms with E-state index in [1.807, 2.05) is 49.4 Å². The van der Waals surface area contributed by atoms with Crippen LogP contribution in [0, 0.1) is 18.2 Å². The molecule has 5 nitrogen and oxygen atoms in total. The molecule has 7 heteroatoms. The Kier molecular flexibility index (Phi) is 5.95. The van der Waals surface area contributed by atoms with Gasteiger partial charge in [-0.2, -0.15) is 5.10 Å². The highest BCUT2D eigenvalue weighted by Gasteiger charge is 2.50. The van der Waals surface area contributed by atoms with E-state index in [0.29, 0.717) is 25.0 Å². The summed E-state index contributed by atoms with van der Waals surface area (Å²) in [7, 11) is -1.23. The summed E-state index contributed by atoms with van der Waals surface area (Å²) in [4.78, 5) is 19.5. The average molecular weight is 512 g/mol. The third-order valence-corrected chi connectivity index (χ3v) is 9.29. The molecule has 0 bridgehead atoms. The molecule has 3 unspecified atom stereocenters. The number of pyridine rings is 1. The second-order valence-corrected chi connectivity index (χ2v) is 11.6. The van der Waals surface area contributed by atoms with Gasteiger partial charge in [-0.05, 0) is 98.3 Å². The van der Waals surface area contributed by atoms with Crippen LogP contribution in [0.25, 0.3) is 11.8 Å². The Morgan fingerprint density at radius 2 is 1.89 bits per heavy atom. The molecule has 6 rings (SSSR count). The van der Waals surface area contributed by atoms with Crippen molar-refractivity contribution in [3.8, 4) is 5.69 Å². The van der Waals surface area contributed by atoms with Gasteiger partial charge >= 0.3 is 0 Å². The van der Waals surface area contributed by atoms with Gasteiger partial charge in [0.2, 0.25) is 0 Å². The summed E-state index contributed by atoms with van der Waals surface area (Å²) in [5.41, 5.74) is 4.21. The Labute approximate surface area is 217 Å². The number of hydrogen-bond donors (Lipinski definition) is 0. The van der Waals surface area contributed by atoms with Crippen LogP contribution in [0.2, 0.25) is 0 Å². The number of Topliss-reactive ketones (excluding diaryl/α,β-unsaturated/α-hetero) is 1. The summed E-state index contributed by atoms with van der Waals surface area (Å²) in [5, 5.41) is 4.45. The van der Waals surface area contributed by atoms with Crippen molar-refractivity contribution in [2.45, 2.75) is 42.8 Å². The zero-order chi connectivity index (χ0) is 25.6. The molecule has 0 saturated heterocycles. The number of aromatic nitrogens is 3. The second-order valence-electron chi connectivity index (χ2n) is 9.89. The minimum Gasteiger partial charge on any atom is -0.291 e. The zero-order valence-electron chi connectivity index (χ0n) is 20.4. The molecule has 37 heavy (non-hydrogen) atoms. The van der Waals surface area contributed by atoms with Crippen molar-refractivity contribution in [1.82, 2.24) is 14.8 Å². The lowest BCUT2D eigenvalue weighted by atomic mass is 9.61. The number of halogens is 1. The Morgan fingerprint density at radius 1 is 1.11 bits per heavy atom. The van der Waals surface area contributed by atoms with Gasteiger partial charge in [-0.15, -0.1) is 0 Å². The Bertz CT molecular complexity index is 1540. The minimum atomic E-state index is -1.23. The molecule has 0 N–H and O–H groups in total. The van der Waals surface area contributed by atoms with Crippen molar-refractivity contribution in [2.75, 3.05) is 0 Å². The molecule has 2 aromatic heterocycles. The normalized spacial score (nSPS) is 21.5. The lowest BCUT2D eigenvalue weighted by Crippen LogP contribution is -2.45. The molecule has 1 saturated carbocycles. The van der Waals surface area contributed by atoms with Gasteiger partial charge in [-0.3, -0.25) is 14.0 Å². The van der Waals surface area contributed by atoms with E-state index in [-0.39, 0.29) is 16.9 Å². The summed E-state index contributed by atoms with van der Waals surface area (Å²) < 4.78 is 28.9. The molecule has 186 valence electrons. The van der Waals surface area contributed by atoms with Gasteiger partial charge in [0, 0.05) is 16.3 Å². The number of ketones is 1. The first-order valence-electron chi connectivity index (χ1n) is 12.4. The number of benzene rings is 2. The fourth-order valence-corrected chi connectivity index (χ4v) is 7.27. The molecule has 0 amide bonds. The topological polar surface area (TPSA) is 64.8 Å². The summed E-state index contributed by atoms with van der Waals surface area (Å²) >= 11 is 0. The Balaban J connectivity index is 1.44. The molecular formula is C30H26FN3O2S. The van der Waals surface area contributed by atoms with Gasteiger partial charge in [-0.1, -0.05) is 23.8 Å². The fourth-order valence-electron chi connectivity index (χ4n) is 5.69. The maximum absolute atomic E-state index is 14.3. The largest absolute Gasteiger partial charge is 0.291 e. The molecule has 2 aliphatic carbocycles. The van der Waals surface area contributed by atoms with Crippen molar-refractivity contribution in [2.24, 2.45) is 5.41 Å². The van der Waals surface area contributed by atoms with Crippen molar-refractivity contribution in [1.29, 1.82) is 0 Å². The van der Waals surface area contributed by atoms with E-state index in [2.05, 4.69) is 16.2 Å². The Hall–Kier alpha value is -3.71. The highest BCUT2D eigenvalue weighted by atomic mass is 32.2. The van der Waals surface area contributed by atoms with Gasteiger partial charge < -0.3 is 0 Å². The predicted molar refractivity (Wildman–Crippen MR) is 141 cm³/mol. The number of aryl methyl sites for hydroxylation is 1. The van der Waals surface area contributed by atoms with E-state index in [4.69, 9.17) is 0 Å². The number of rotatable bonds is 5. The van der Waals surface area contributed by atoms with Crippen LogP contribution in [0.4, 0.5) is 4.39 Å². The molecule has 2 heterocycles. The van der Waals surface area contributed by atoms with E-state index >= 15 is 0 Å². The van der Waals surface area contributed by atoms with Gasteiger partial charge in [0.25, 0.3) is 0 Å². The van der Waals surface area contributed by atoms with E-state index in [1.165, 1.54) is 12.1 Å². The van der Waals surface area contributed by atoms with Crippen LogP contribution in [0.5, 0.6) is 0 Å². The van der Waals surface area contributed by atoms with E-state index in [1.54, 1.807) is 29.2 Å². The number of hydrogen-bond acceptors (Lipinski definition) is 4.